The predicted molar refractivity (Wildman–Crippen MR) is 68.5 cm³/mol. The summed E-state index contributed by atoms with van der Waals surface area (Å²) < 4.78 is 0. The largest absolute Gasteiger partial charge is 0.481 e. The van der Waals surface area contributed by atoms with Crippen LogP contribution in [-0.2, 0) is 10.2 Å². The fourth-order valence-electron chi connectivity index (χ4n) is 1.58. The van der Waals surface area contributed by atoms with Crippen LogP contribution in [0.5, 0.6) is 0 Å². The molecule has 0 radical (unpaired) electrons. The minimum absolute atomic E-state index is 0.00287. The van der Waals surface area contributed by atoms with Crippen molar-refractivity contribution < 1.29 is 15.0 Å². The zero-order valence-electron chi connectivity index (χ0n) is 10.1. The first-order chi connectivity index (χ1) is 7.92. The molecule has 0 amide bonds. The van der Waals surface area contributed by atoms with Crippen LogP contribution in [0.4, 0.5) is 0 Å². The minimum atomic E-state index is -0.975. The van der Waals surface area contributed by atoms with E-state index in [9.17, 15) is 9.90 Å². The van der Waals surface area contributed by atoms with Crippen molar-refractivity contribution >= 4 is 17.3 Å². The lowest BCUT2D eigenvalue weighted by Crippen LogP contribution is -2.37. The number of hydrogen-bond acceptors (Lipinski definition) is 4. The van der Waals surface area contributed by atoms with E-state index in [1.54, 1.807) is 11.3 Å². The molecule has 5 heteroatoms. The first kappa shape index (κ1) is 14.2. The number of rotatable bonds is 7. The van der Waals surface area contributed by atoms with E-state index in [-0.39, 0.29) is 11.8 Å². The standard InChI is InChI=1S/C12H19NO3S/c1-12(2,10-4-3-5-17-10)8-13-7-9(14)6-11(15)16/h3-5,9,13-14H,6-8H2,1-2H3,(H,15,16). The van der Waals surface area contributed by atoms with E-state index in [0.717, 1.165) is 0 Å². The van der Waals surface area contributed by atoms with E-state index < -0.39 is 12.1 Å². The van der Waals surface area contributed by atoms with Crippen LogP contribution in [0.1, 0.15) is 25.1 Å². The van der Waals surface area contributed by atoms with Crippen LogP contribution in [0, 0.1) is 0 Å². The van der Waals surface area contributed by atoms with Gasteiger partial charge in [0, 0.05) is 23.4 Å². The summed E-state index contributed by atoms with van der Waals surface area (Å²) in [6.07, 6.45) is -1.04. The van der Waals surface area contributed by atoms with E-state index >= 15 is 0 Å². The highest BCUT2D eigenvalue weighted by atomic mass is 32.1. The van der Waals surface area contributed by atoms with Crippen molar-refractivity contribution in [1.82, 2.24) is 5.32 Å². The van der Waals surface area contributed by atoms with Crippen molar-refractivity contribution in [3.8, 4) is 0 Å². The van der Waals surface area contributed by atoms with Gasteiger partial charge in [0.15, 0.2) is 0 Å². The molecule has 0 aliphatic rings. The Bertz CT molecular complexity index is 349. The van der Waals surface area contributed by atoms with Crippen LogP contribution in [0.3, 0.4) is 0 Å². The molecular formula is C12H19NO3S. The van der Waals surface area contributed by atoms with Gasteiger partial charge in [-0.3, -0.25) is 4.79 Å². The third kappa shape index (κ3) is 4.85. The summed E-state index contributed by atoms with van der Waals surface area (Å²) in [5.41, 5.74) is -0.00287. The molecule has 1 atom stereocenters. The SMILES string of the molecule is CC(C)(CNCC(O)CC(=O)O)c1cccs1. The quantitative estimate of drug-likeness (QED) is 0.691. The molecule has 0 aromatic carbocycles. The van der Waals surface area contributed by atoms with Gasteiger partial charge >= 0.3 is 5.97 Å². The number of aliphatic hydroxyl groups excluding tert-OH is 1. The molecule has 0 saturated heterocycles. The normalized spacial score (nSPS) is 13.6. The number of aliphatic carboxylic acids is 1. The highest BCUT2D eigenvalue weighted by molar-refractivity contribution is 7.10. The van der Waals surface area contributed by atoms with Crippen molar-refractivity contribution in [3.63, 3.8) is 0 Å². The fraction of sp³-hybridized carbons (Fsp3) is 0.583. The van der Waals surface area contributed by atoms with Crippen LogP contribution in [0.25, 0.3) is 0 Å². The van der Waals surface area contributed by atoms with Crippen LogP contribution in [0.2, 0.25) is 0 Å². The maximum atomic E-state index is 10.4. The Kier molecular flexibility index (Phi) is 5.11. The smallest absolute Gasteiger partial charge is 0.306 e. The van der Waals surface area contributed by atoms with Gasteiger partial charge in [0.25, 0.3) is 0 Å². The van der Waals surface area contributed by atoms with E-state index in [0.29, 0.717) is 13.1 Å². The Morgan fingerprint density at radius 3 is 2.82 bits per heavy atom. The maximum Gasteiger partial charge on any atom is 0.306 e. The molecule has 0 aliphatic heterocycles. The highest BCUT2D eigenvalue weighted by Crippen LogP contribution is 2.26. The molecule has 1 heterocycles. The first-order valence-electron chi connectivity index (χ1n) is 5.56. The second kappa shape index (κ2) is 6.14. The van der Waals surface area contributed by atoms with E-state index in [2.05, 4.69) is 25.2 Å². The van der Waals surface area contributed by atoms with Gasteiger partial charge in [-0.2, -0.15) is 0 Å². The van der Waals surface area contributed by atoms with Crippen molar-refractivity contribution in [2.75, 3.05) is 13.1 Å². The Balaban J connectivity index is 2.33. The summed E-state index contributed by atoms with van der Waals surface area (Å²) in [4.78, 5) is 11.6. The zero-order valence-corrected chi connectivity index (χ0v) is 11.0. The van der Waals surface area contributed by atoms with Crippen molar-refractivity contribution in [2.45, 2.75) is 31.8 Å². The number of carboxylic acids is 1. The molecule has 0 fully saturated rings. The van der Waals surface area contributed by atoms with Gasteiger partial charge in [-0.15, -0.1) is 11.3 Å². The Morgan fingerprint density at radius 1 is 1.59 bits per heavy atom. The molecule has 17 heavy (non-hydrogen) atoms. The fourth-order valence-corrected chi connectivity index (χ4v) is 2.43. The number of hydrogen-bond donors (Lipinski definition) is 3. The molecule has 1 unspecified atom stereocenters. The summed E-state index contributed by atoms with van der Waals surface area (Å²) in [5, 5.41) is 23.1. The molecule has 0 saturated carbocycles. The summed E-state index contributed by atoms with van der Waals surface area (Å²) in [6.45, 7) is 5.26. The van der Waals surface area contributed by atoms with E-state index in [1.165, 1.54) is 4.88 Å². The first-order valence-corrected chi connectivity index (χ1v) is 6.44. The lowest BCUT2D eigenvalue weighted by molar-refractivity contribution is -0.139. The van der Waals surface area contributed by atoms with Gasteiger partial charge < -0.3 is 15.5 Å². The van der Waals surface area contributed by atoms with Crippen molar-refractivity contribution in [1.29, 1.82) is 0 Å². The lowest BCUT2D eigenvalue weighted by atomic mass is 9.91. The lowest BCUT2D eigenvalue weighted by Gasteiger charge is -2.24. The van der Waals surface area contributed by atoms with Crippen LogP contribution >= 0.6 is 11.3 Å². The predicted octanol–water partition coefficient (Wildman–Crippen LogP) is 1.45. The second-order valence-electron chi connectivity index (χ2n) is 4.74. The van der Waals surface area contributed by atoms with Gasteiger partial charge in [0.2, 0.25) is 0 Å². The summed E-state index contributed by atoms with van der Waals surface area (Å²) in [7, 11) is 0. The van der Waals surface area contributed by atoms with Gasteiger partial charge in [-0.1, -0.05) is 19.9 Å². The van der Waals surface area contributed by atoms with Crippen LogP contribution in [-0.4, -0.2) is 35.4 Å². The average molecular weight is 257 g/mol. The second-order valence-corrected chi connectivity index (χ2v) is 5.69. The number of aliphatic hydroxyl groups is 1. The van der Waals surface area contributed by atoms with Gasteiger partial charge in [0.1, 0.15) is 0 Å². The number of nitrogens with one attached hydrogen (secondary N) is 1. The maximum absolute atomic E-state index is 10.4. The number of thiophene rings is 1. The van der Waals surface area contributed by atoms with Gasteiger partial charge in [-0.25, -0.2) is 0 Å². The molecule has 0 bridgehead atoms. The molecule has 0 spiro atoms. The molecule has 3 N–H and O–H groups in total. The average Bonchev–Trinajstić information content (AvgIpc) is 2.68. The van der Waals surface area contributed by atoms with Crippen molar-refractivity contribution in [3.05, 3.63) is 22.4 Å². The molecule has 1 rings (SSSR count). The van der Waals surface area contributed by atoms with Crippen molar-refractivity contribution in [2.24, 2.45) is 0 Å². The van der Waals surface area contributed by atoms with E-state index in [1.807, 2.05) is 11.4 Å². The Morgan fingerprint density at radius 2 is 2.29 bits per heavy atom. The zero-order chi connectivity index (χ0) is 12.9. The molecule has 0 aliphatic carbocycles. The van der Waals surface area contributed by atoms with Gasteiger partial charge in [0.05, 0.1) is 12.5 Å². The highest BCUT2D eigenvalue weighted by Gasteiger charge is 2.21. The molecular weight excluding hydrogens is 238 g/mol. The number of carbonyl (C=O) groups is 1. The van der Waals surface area contributed by atoms with Crippen LogP contribution in [0.15, 0.2) is 17.5 Å². The Hall–Kier alpha value is -0.910. The third-order valence-electron chi connectivity index (χ3n) is 2.55. The monoisotopic (exact) mass is 257 g/mol. The molecule has 1 aromatic rings. The Labute approximate surface area is 105 Å². The van der Waals surface area contributed by atoms with Crippen LogP contribution < -0.4 is 5.32 Å². The third-order valence-corrected chi connectivity index (χ3v) is 3.78. The summed E-state index contributed by atoms with van der Waals surface area (Å²) in [6, 6.07) is 4.10. The number of carboxylic acid groups (broad SMARTS) is 1. The van der Waals surface area contributed by atoms with E-state index in [4.69, 9.17) is 5.11 Å². The summed E-state index contributed by atoms with van der Waals surface area (Å²) >= 11 is 1.70. The molecule has 96 valence electrons. The van der Waals surface area contributed by atoms with Gasteiger partial charge in [-0.05, 0) is 11.4 Å². The minimum Gasteiger partial charge on any atom is -0.481 e. The molecule has 1 aromatic heterocycles. The summed E-state index contributed by atoms with van der Waals surface area (Å²) in [5.74, 6) is -0.975. The topological polar surface area (TPSA) is 69.6 Å². The molecule has 4 nitrogen and oxygen atoms in total.